The third-order valence-electron chi connectivity index (χ3n) is 1.97. The maximum atomic E-state index is 8.77. The molecular weight excluding hydrogens is 162 g/mol. The molecule has 0 saturated heterocycles. The molecular formula is C11H21NO. The SMILES string of the molecule is CC#CCCNCCCC(C)CO. The number of aliphatic hydroxyl groups is 1. The first-order valence-electron chi connectivity index (χ1n) is 5.02. The summed E-state index contributed by atoms with van der Waals surface area (Å²) in [5.41, 5.74) is 0. The van der Waals surface area contributed by atoms with Crippen LogP contribution in [0.1, 0.15) is 33.1 Å². The van der Waals surface area contributed by atoms with Gasteiger partial charge in [-0.05, 0) is 32.2 Å². The Morgan fingerprint density at radius 3 is 2.77 bits per heavy atom. The number of hydrogen-bond donors (Lipinski definition) is 2. The van der Waals surface area contributed by atoms with Crippen LogP contribution in [-0.4, -0.2) is 24.8 Å². The highest BCUT2D eigenvalue weighted by atomic mass is 16.3. The molecule has 0 aromatic carbocycles. The summed E-state index contributed by atoms with van der Waals surface area (Å²) in [6, 6.07) is 0. The number of aliphatic hydroxyl groups excluding tert-OH is 1. The van der Waals surface area contributed by atoms with E-state index in [2.05, 4.69) is 24.1 Å². The Morgan fingerprint density at radius 1 is 1.38 bits per heavy atom. The van der Waals surface area contributed by atoms with Crippen LogP contribution in [0.2, 0.25) is 0 Å². The molecule has 0 radical (unpaired) electrons. The molecule has 0 saturated carbocycles. The van der Waals surface area contributed by atoms with Gasteiger partial charge in [0.25, 0.3) is 0 Å². The van der Waals surface area contributed by atoms with Crippen LogP contribution >= 0.6 is 0 Å². The normalized spacial score (nSPS) is 11.9. The molecule has 0 amide bonds. The van der Waals surface area contributed by atoms with Crippen molar-refractivity contribution in [3.05, 3.63) is 0 Å². The van der Waals surface area contributed by atoms with Gasteiger partial charge in [0.05, 0.1) is 0 Å². The molecule has 76 valence electrons. The maximum Gasteiger partial charge on any atom is 0.0456 e. The van der Waals surface area contributed by atoms with Crippen LogP contribution in [0.3, 0.4) is 0 Å². The first-order valence-corrected chi connectivity index (χ1v) is 5.02. The zero-order valence-corrected chi connectivity index (χ0v) is 8.77. The average Bonchev–Trinajstić information content (AvgIpc) is 2.16. The third-order valence-corrected chi connectivity index (χ3v) is 1.97. The fraction of sp³-hybridized carbons (Fsp3) is 0.818. The van der Waals surface area contributed by atoms with Gasteiger partial charge in [-0.25, -0.2) is 0 Å². The van der Waals surface area contributed by atoms with Crippen molar-refractivity contribution in [3.8, 4) is 11.8 Å². The van der Waals surface area contributed by atoms with E-state index in [1.165, 1.54) is 0 Å². The molecule has 0 heterocycles. The van der Waals surface area contributed by atoms with Gasteiger partial charge in [-0.2, -0.15) is 0 Å². The summed E-state index contributed by atoms with van der Waals surface area (Å²) in [5, 5.41) is 12.1. The van der Waals surface area contributed by atoms with Gasteiger partial charge in [0.2, 0.25) is 0 Å². The molecule has 0 aliphatic carbocycles. The van der Waals surface area contributed by atoms with Crippen molar-refractivity contribution >= 4 is 0 Å². The van der Waals surface area contributed by atoms with Gasteiger partial charge in [-0.1, -0.05) is 6.92 Å². The van der Waals surface area contributed by atoms with Crippen LogP contribution in [0.4, 0.5) is 0 Å². The smallest absolute Gasteiger partial charge is 0.0456 e. The molecule has 0 spiro atoms. The molecule has 2 heteroatoms. The van der Waals surface area contributed by atoms with Crippen molar-refractivity contribution in [2.75, 3.05) is 19.7 Å². The van der Waals surface area contributed by atoms with Gasteiger partial charge in [0, 0.05) is 19.6 Å². The lowest BCUT2D eigenvalue weighted by molar-refractivity contribution is 0.228. The lowest BCUT2D eigenvalue weighted by Crippen LogP contribution is -2.17. The van der Waals surface area contributed by atoms with Crippen molar-refractivity contribution in [1.82, 2.24) is 5.32 Å². The number of hydrogen-bond acceptors (Lipinski definition) is 2. The molecule has 13 heavy (non-hydrogen) atoms. The second-order valence-corrected chi connectivity index (χ2v) is 3.36. The van der Waals surface area contributed by atoms with Gasteiger partial charge in [-0.3, -0.25) is 0 Å². The molecule has 1 atom stereocenters. The van der Waals surface area contributed by atoms with Crippen molar-refractivity contribution in [2.45, 2.75) is 33.1 Å². The van der Waals surface area contributed by atoms with Crippen LogP contribution in [0, 0.1) is 17.8 Å². The molecule has 0 rings (SSSR count). The van der Waals surface area contributed by atoms with E-state index in [0.29, 0.717) is 12.5 Å². The van der Waals surface area contributed by atoms with E-state index in [0.717, 1.165) is 32.4 Å². The average molecular weight is 183 g/mol. The molecule has 0 fully saturated rings. The van der Waals surface area contributed by atoms with E-state index >= 15 is 0 Å². The van der Waals surface area contributed by atoms with E-state index in [1.54, 1.807) is 0 Å². The summed E-state index contributed by atoms with van der Waals surface area (Å²) in [6.45, 7) is 6.26. The fourth-order valence-corrected chi connectivity index (χ4v) is 1.07. The van der Waals surface area contributed by atoms with Crippen LogP contribution in [0.15, 0.2) is 0 Å². The van der Waals surface area contributed by atoms with Crippen molar-refractivity contribution in [1.29, 1.82) is 0 Å². The standard InChI is InChI=1S/C11H21NO/c1-3-4-5-8-12-9-6-7-11(2)10-13/h11-13H,5-10H2,1-2H3. The van der Waals surface area contributed by atoms with Crippen LogP contribution in [0.25, 0.3) is 0 Å². The Bertz CT molecular complexity index is 157. The Kier molecular flexibility index (Phi) is 9.18. The quantitative estimate of drug-likeness (QED) is 0.462. The first kappa shape index (κ1) is 12.5. The minimum absolute atomic E-state index is 0.307. The van der Waals surface area contributed by atoms with Crippen molar-refractivity contribution in [3.63, 3.8) is 0 Å². The summed E-state index contributed by atoms with van der Waals surface area (Å²) in [5.74, 6) is 6.31. The molecule has 0 aliphatic rings. The Labute approximate surface area is 81.7 Å². The molecule has 2 N–H and O–H groups in total. The lowest BCUT2D eigenvalue weighted by atomic mass is 10.1. The van der Waals surface area contributed by atoms with Gasteiger partial charge in [-0.15, -0.1) is 11.8 Å². The first-order chi connectivity index (χ1) is 6.31. The van der Waals surface area contributed by atoms with E-state index in [4.69, 9.17) is 5.11 Å². The molecule has 1 unspecified atom stereocenters. The van der Waals surface area contributed by atoms with Gasteiger partial charge < -0.3 is 10.4 Å². The molecule has 0 aliphatic heterocycles. The summed E-state index contributed by atoms with van der Waals surface area (Å²) >= 11 is 0. The van der Waals surface area contributed by atoms with Gasteiger partial charge >= 0.3 is 0 Å². The zero-order chi connectivity index (χ0) is 9.94. The molecule has 2 nitrogen and oxygen atoms in total. The Balaban J connectivity index is 3.02. The summed E-state index contributed by atoms with van der Waals surface area (Å²) in [4.78, 5) is 0. The topological polar surface area (TPSA) is 32.3 Å². The van der Waals surface area contributed by atoms with Crippen LogP contribution in [-0.2, 0) is 0 Å². The zero-order valence-electron chi connectivity index (χ0n) is 8.77. The highest BCUT2D eigenvalue weighted by molar-refractivity contribution is 4.94. The minimum Gasteiger partial charge on any atom is -0.396 e. The van der Waals surface area contributed by atoms with Crippen molar-refractivity contribution in [2.24, 2.45) is 5.92 Å². The molecule has 0 aromatic rings. The second-order valence-electron chi connectivity index (χ2n) is 3.36. The van der Waals surface area contributed by atoms with E-state index in [-0.39, 0.29) is 0 Å². The van der Waals surface area contributed by atoms with Crippen LogP contribution in [0.5, 0.6) is 0 Å². The van der Waals surface area contributed by atoms with E-state index in [1.807, 2.05) is 6.92 Å². The second kappa shape index (κ2) is 9.57. The highest BCUT2D eigenvalue weighted by Crippen LogP contribution is 2.02. The summed E-state index contributed by atoms with van der Waals surface area (Å²) < 4.78 is 0. The predicted molar refractivity (Wildman–Crippen MR) is 56.4 cm³/mol. The monoisotopic (exact) mass is 183 g/mol. The van der Waals surface area contributed by atoms with E-state index in [9.17, 15) is 0 Å². The minimum atomic E-state index is 0.307. The van der Waals surface area contributed by atoms with Gasteiger partial charge in [0.1, 0.15) is 0 Å². The summed E-state index contributed by atoms with van der Waals surface area (Å²) in [7, 11) is 0. The Hall–Kier alpha value is -0.520. The molecule has 0 bridgehead atoms. The van der Waals surface area contributed by atoms with Crippen molar-refractivity contribution < 1.29 is 5.11 Å². The Morgan fingerprint density at radius 2 is 2.15 bits per heavy atom. The predicted octanol–water partition coefficient (Wildman–Crippen LogP) is 1.40. The fourth-order valence-electron chi connectivity index (χ4n) is 1.07. The largest absolute Gasteiger partial charge is 0.396 e. The van der Waals surface area contributed by atoms with E-state index < -0.39 is 0 Å². The third kappa shape index (κ3) is 9.39. The highest BCUT2D eigenvalue weighted by Gasteiger charge is 1.97. The lowest BCUT2D eigenvalue weighted by Gasteiger charge is -2.07. The summed E-state index contributed by atoms with van der Waals surface area (Å²) in [6.07, 6.45) is 3.18. The number of nitrogens with one attached hydrogen (secondary N) is 1. The van der Waals surface area contributed by atoms with Crippen LogP contribution < -0.4 is 5.32 Å². The molecule has 0 aromatic heterocycles. The maximum absolute atomic E-state index is 8.77. The number of rotatable bonds is 7. The van der Waals surface area contributed by atoms with Gasteiger partial charge in [0.15, 0.2) is 0 Å².